The summed E-state index contributed by atoms with van der Waals surface area (Å²) < 4.78 is 0. The summed E-state index contributed by atoms with van der Waals surface area (Å²) in [5.74, 6) is 0.571. The first-order valence-corrected chi connectivity index (χ1v) is 19.9. The number of fused-ring (bicyclic) bond motifs is 6. The van der Waals surface area contributed by atoms with Crippen molar-refractivity contribution in [3.05, 3.63) is 230 Å². The molecular formula is C57H44. The van der Waals surface area contributed by atoms with Gasteiger partial charge in [-0.25, -0.2) is 0 Å². The third-order valence-corrected chi connectivity index (χ3v) is 11.1. The van der Waals surface area contributed by atoms with Gasteiger partial charge in [-0.1, -0.05) is 226 Å². The van der Waals surface area contributed by atoms with E-state index in [0.29, 0.717) is 5.92 Å². The Balaban J connectivity index is 0.000000101. The van der Waals surface area contributed by atoms with Crippen molar-refractivity contribution in [1.82, 2.24) is 0 Å². The van der Waals surface area contributed by atoms with Crippen LogP contribution in [-0.2, 0) is 0 Å². The largest absolute Gasteiger partial charge is 0.0616 e. The van der Waals surface area contributed by atoms with Crippen LogP contribution in [0.3, 0.4) is 0 Å². The molecule has 0 fully saturated rings. The summed E-state index contributed by atoms with van der Waals surface area (Å²) in [5.41, 5.74) is 1.42. The summed E-state index contributed by atoms with van der Waals surface area (Å²) in [4.78, 5) is 0. The molecule has 12 rings (SSSR count). The van der Waals surface area contributed by atoms with Crippen LogP contribution in [0.25, 0.3) is 86.2 Å². The summed E-state index contributed by atoms with van der Waals surface area (Å²) in [6, 6.07) is 79.8. The van der Waals surface area contributed by atoms with Crippen LogP contribution in [0.2, 0.25) is 0 Å². The Kier molecular flexibility index (Phi) is 10.0. The van der Waals surface area contributed by atoms with Crippen molar-refractivity contribution in [2.45, 2.75) is 19.8 Å². The van der Waals surface area contributed by atoms with E-state index in [4.69, 9.17) is 0 Å². The van der Waals surface area contributed by atoms with Gasteiger partial charge in [0.2, 0.25) is 0 Å². The molecule has 0 N–H and O–H groups in total. The van der Waals surface area contributed by atoms with Crippen LogP contribution in [0.5, 0.6) is 0 Å². The zero-order chi connectivity index (χ0) is 38.6. The van der Waals surface area contributed by atoms with Crippen molar-refractivity contribution in [1.29, 1.82) is 0 Å². The van der Waals surface area contributed by atoms with Crippen molar-refractivity contribution in [2.75, 3.05) is 0 Å². The summed E-state index contributed by atoms with van der Waals surface area (Å²) in [5, 5.41) is 21.4. The van der Waals surface area contributed by atoms with Crippen LogP contribution >= 0.6 is 0 Å². The highest BCUT2D eigenvalue weighted by atomic mass is 14.1. The lowest BCUT2D eigenvalue weighted by Gasteiger charge is -2.13. The Morgan fingerprint density at radius 2 is 0.509 bits per heavy atom. The van der Waals surface area contributed by atoms with Crippen LogP contribution < -0.4 is 0 Å². The second-order valence-corrected chi connectivity index (χ2v) is 15.1. The summed E-state index contributed by atoms with van der Waals surface area (Å²) in [6.07, 6.45) is 0. The van der Waals surface area contributed by atoms with Crippen molar-refractivity contribution >= 4 is 86.2 Å². The highest BCUT2D eigenvalue weighted by Crippen LogP contribution is 2.36. The molecule has 0 radical (unpaired) electrons. The molecule has 0 saturated carbocycles. The summed E-state index contributed by atoms with van der Waals surface area (Å²) in [7, 11) is 0. The van der Waals surface area contributed by atoms with Gasteiger partial charge in [0.25, 0.3) is 0 Å². The third-order valence-electron chi connectivity index (χ3n) is 11.1. The lowest BCUT2D eigenvalue weighted by Crippen LogP contribution is -1.90. The average molecular weight is 729 g/mol. The van der Waals surface area contributed by atoms with E-state index in [1.165, 1.54) is 91.7 Å². The third kappa shape index (κ3) is 7.51. The van der Waals surface area contributed by atoms with Gasteiger partial charge >= 0.3 is 0 Å². The van der Waals surface area contributed by atoms with Crippen LogP contribution in [0.1, 0.15) is 25.3 Å². The monoisotopic (exact) mass is 728 g/mol. The van der Waals surface area contributed by atoms with E-state index in [0.717, 1.165) is 0 Å². The Labute approximate surface area is 334 Å². The fraction of sp³-hybridized carbons (Fsp3) is 0.0526. The van der Waals surface area contributed by atoms with Gasteiger partial charge in [-0.3, -0.25) is 0 Å². The minimum atomic E-state index is 0.571. The van der Waals surface area contributed by atoms with Gasteiger partial charge in [0.05, 0.1) is 0 Å². The highest BCUT2D eigenvalue weighted by molar-refractivity contribution is 6.23. The molecule has 272 valence electrons. The maximum atomic E-state index is 2.35. The molecule has 0 nitrogen and oxygen atoms in total. The minimum Gasteiger partial charge on any atom is -0.0616 e. The van der Waals surface area contributed by atoms with Crippen molar-refractivity contribution in [3.63, 3.8) is 0 Å². The molecule has 0 atom stereocenters. The van der Waals surface area contributed by atoms with E-state index in [1.54, 1.807) is 0 Å². The lowest BCUT2D eigenvalue weighted by molar-refractivity contribution is 0.870. The summed E-state index contributed by atoms with van der Waals surface area (Å²) in [6.45, 7) is 4.51. The number of hydrogen-bond donors (Lipinski definition) is 0. The molecule has 0 amide bonds. The Bertz CT molecular complexity index is 2970. The predicted octanol–water partition coefficient (Wildman–Crippen LogP) is 16.5. The maximum Gasteiger partial charge on any atom is -0.00266 e. The van der Waals surface area contributed by atoms with Crippen LogP contribution in [0.4, 0.5) is 0 Å². The molecule has 0 spiro atoms. The van der Waals surface area contributed by atoms with Crippen LogP contribution in [0.15, 0.2) is 224 Å². The molecule has 0 aliphatic rings. The van der Waals surface area contributed by atoms with Crippen molar-refractivity contribution < 1.29 is 0 Å². The Morgan fingerprint density at radius 1 is 0.228 bits per heavy atom. The molecule has 0 aromatic heterocycles. The molecule has 0 bridgehead atoms. The van der Waals surface area contributed by atoms with E-state index in [2.05, 4.69) is 238 Å². The standard InChI is InChI=1S/C19H16.2C14H10.C10H8/c1-12(2)17-10-15-8-6-13-4-3-5-14-7-9-16(11-17)19(15)18(13)14;1-3-7-13-11(5-1)9-10-12-6-2-4-8-14(12)13;1-2-6-12-10-14-8-4-3-7-13(14)9-11(12)5-1;1-2-6-10-8-4-3-7-9(10)5-1/h3-12H,1-2H3;2*1-10H;1-8H. The van der Waals surface area contributed by atoms with E-state index < -0.39 is 0 Å². The first-order valence-electron chi connectivity index (χ1n) is 19.9. The topological polar surface area (TPSA) is 0 Å². The van der Waals surface area contributed by atoms with E-state index in [1.807, 2.05) is 0 Å². The Hall–Kier alpha value is -7.02. The zero-order valence-corrected chi connectivity index (χ0v) is 32.4. The zero-order valence-electron chi connectivity index (χ0n) is 32.4. The van der Waals surface area contributed by atoms with Gasteiger partial charge in [0.1, 0.15) is 0 Å². The van der Waals surface area contributed by atoms with Crippen LogP contribution in [0, 0.1) is 0 Å². The van der Waals surface area contributed by atoms with Crippen molar-refractivity contribution in [2.24, 2.45) is 0 Å². The molecule has 0 heteroatoms. The van der Waals surface area contributed by atoms with E-state index >= 15 is 0 Å². The second kappa shape index (κ2) is 16.0. The quantitative estimate of drug-likeness (QED) is 0.117. The van der Waals surface area contributed by atoms with Gasteiger partial charge in [-0.15, -0.1) is 0 Å². The summed E-state index contributed by atoms with van der Waals surface area (Å²) >= 11 is 0. The predicted molar refractivity (Wildman–Crippen MR) is 251 cm³/mol. The fourth-order valence-corrected chi connectivity index (χ4v) is 8.08. The molecule has 0 heterocycles. The lowest BCUT2D eigenvalue weighted by atomic mass is 9.91. The van der Waals surface area contributed by atoms with E-state index in [9.17, 15) is 0 Å². The molecule has 12 aromatic rings. The molecule has 0 aliphatic carbocycles. The number of hydrogen-bond acceptors (Lipinski definition) is 0. The minimum absolute atomic E-state index is 0.571. The van der Waals surface area contributed by atoms with Gasteiger partial charge in [0, 0.05) is 0 Å². The number of rotatable bonds is 1. The van der Waals surface area contributed by atoms with Gasteiger partial charge in [-0.05, 0) is 110 Å². The first-order chi connectivity index (χ1) is 28.1. The molecule has 57 heavy (non-hydrogen) atoms. The normalized spacial score (nSPS) is 11.1. The molecule has 0 aliphatic heterocycles. The SMILES string of the molecule is CC(C)c1cc2ccc3cccc4ccc(c1)c2c34.c1ccc2c(c1)ccc1ccccc12.c1ccc2cc3ccccc3cc2c1.c1ccc2ccccc2c1. The van der Waals surface area contributed by atoms with Gasteiger partial charge in [0.15, 0.2) is 0 Å². The second-order valence-electron chi connectivity index (χ2n) is 15.1. The Morgan fingerprint density at radius 3 is 0.895 bits per heavy atom. The molecule has 12 aromatic carbocycles. The van der Waals surface area contributed by atoms with E-state index in [-0.39, 0.29) is 0 Å². The van der Waals surface area contributed by atoms with Crippen LogP contribution in [-0.4, -0.2) is 0 Å². The fourth-order valence-electron chi connectivity index (χ4n) is 8.08. The van der Waals surface area contributed by atoms with Gasteiger partial charge < -0.3 is 0 Å². The molecule has 0 saturated heterocycles. The smallest absolute Gasteiger partial charge is 0.00266 e. The average Bonchev–Trinajstić information content (AvgIpc) is 3.28. The van der Waals surface area contributed by atoms with Crippen molar-refractivity contribution in [3.8, 4) is 0 Å². The first kappa shape index (κ1) is 35.7. The molecular weight excluding hydrogens is 685 g/mol. The highest BCUT2D eigenvalue weighted by Gasteiger charge is 2.10. The van der Waals surface area contributed by atoms with Gasteiger partial charge in [-0.2, -0.15) is 0 Å². The molecule has 0 unspecified atom stereocenters. The number of benzene rings is 12. The maximum absolute atomic E-state index is 2.35.